The van der Waals surface area contributed by atoms with Gasteiger partial charge in [0.15, 0.2) is 0 Å². The fourth-order valence-electron chi connectivity index (χ4n) is 3.39. The minimum Gasteiger partial charge on any atom is -0.334 e. The van der Waals surface area contributed by atoms with Crippen molar-refractivity contribution in [1.29, 1.82) is 5.26 Å². The second kappa shape index (κ2) is 6.37. The van der Waals surface area contributed by atoms with Crippen LogP contribution in [0.15, 0.2) is 29.3 Å². The van der Waals surface area contributed by atoms with Crippen molar-refractivity contribution in [2.24, 2.45) is 4.99 Å². The average Bonchev–Trinajstić information content (AvgIpc) is 2.54. The van der Waals surface area contributed by atoms with Crippen molar-refractivity contribution >= 4 is 11.6 Å². The number of nitrogens with one attached hydrogen (secondary N) is 1. The number of hydrogen-bond acceptors (Lipinski definition) is 3. The number of nitriles is 1. The van der Waals surface area contributed by atoms with Crippen LogP contribution in [0.25, 0.3) is 0 Å². The highest BCUT2D eigenvalue weighted by Gasteiger charge is 2.30. The van der Waals surface area contributed by atoms with E-state index in [-0.39, 0.29) is 0 Å². The first-order chi connectivity index (χ1) is 10.7. The maximum absolute atomic E-state index is 8.99. The first kappa shape index (κ1) is 14.9. The maximum atomic E-state index is 8.99. The number of rotatable bonds is 2. The Bertz CT molecular complexity index is 593. The third-order valence-corrected chi connectivity index (χ3v) is 4.70. The molecule has 5 nitrogen and oxygen atoms in total. The fraction of sp³-hybridized carbons (Fsp3) is 0.529. The molecule has 0 bridgehead atoms. The van der Waals surface area contributed by atoms with Gasteiger partial charge in [-0.3, -0.25) is 0 Å². The van der Waals surface area contributed by atoms with Crippen LogP contribution in [0.1, 0.15) is 32.3 Å². The molecule has 0 amide bonds. The molecule has 1 aromatic carbocycles. The summed E-state index contributed by atoms with van der Waals surface area (Å²) in [6, 6.07) is 9.30. The Balaban J connectivity index is 1.78. The van der Waals surface area contributed by atoms with Crippen molar-refractivity contribution in [2.45, 2.75) is 45.3 Å². The third kappa shape index (κ3) is 2.93. The summed E-state index contributed by atoms with van der Waals surface area (Å²) >= 11 is 0. The SMILES string of the molecule is CC(C)N1CCC(N2Cc3ccccc3N/C2=N\C#N)CC1. The molecular weight excluding hydrogens is 274 g/mol. The quantitative estimate of drug-likeness (QED) is 0.853. The van der Waals surface area contributed by atoms with Gasteiger partial charge in [0.05, 0.1) is 0 Å². The first-order valence-electron chi connectivity index (χ1n) is 8.01. The minimum absolute atomic E-state index is 0.447. The van der Waals surface area contributed by atoms with Gasteiger partial charge in [-0.15, -0.1) is 4.99 Å². The van der Waals surface area contributed by atoms with Crippen LogP contribution in [-0.4, -0.2) is 40.9 Å². The normalized spacial score (nSPS) is 21.5. The maximum Gasteiger partial charge on any atom is 0.214 e. The van der Waals surface area contributed by atoms with E-state index in [2.05, 4.69) is 46.1 Å². The second-order valence-corrected chi connectivity index (χ2v) is 6.31. The number of benzene rings is 1. The lowest BCUT2D eigenvalue weighted by atomic mass is 10.00. The van der Waals surface area contributed by atoms with Gasteiger partial charge in [0.2, 0.25) is 12.2 Å². The van der Waals surface area contributed by atoms with Gasteiger partial charge < -0.3 is 15.1 Å². The van der Waals surface area contributed by atoms with E-state index in [1.165, 1.54) is 5.56 Å². The summed E-state index contributed by atoms with van der Waals surface area (Å²) in [5.41, 5.74) is 2.33. The molecule has 2 aliphatic heterocycles. The largest absolute Gasteiger partial charge is 0.334 e. The molecule has 1 fully saturated rings. The standard InChI is InChI=1S/C17H23N5/c1-13(2)21-9-7-15(8-10-21)22-11-14-5-3-4-6-16(14)20-17(22)19-12-18/h3-6,13,15H,7-11H2,1-2H3,(H,19,20). The van der Waals surface area contributed by atoms with Crippen molar-refractivity contribution in [3.05, 3.63) is 29.8 Å². The van der Waals surface area contributed by atoms with Crippen molar-refractivity contribution in [2.75, 3.05) is 18.4 Å². The van der Waals surface area contributed by atoms with Crippen LogP contribution < -0.4 is 5.32 Å². The lowest BCUT2D eigenvalue weighted by molar-refractivity contribution is 0.124. The van der Waals surface area contributed by atoms with Gasteiger partial charge in [0, 0.05) is 37.4 Å². The Morgan fingerprint density at radius 2 is 2.00 bits per heavy atom. The third-order valence-electron chi connectivity index (χ3n) is 4.70. The molecule has 2 heterocycles. The highest BCUT2D eigenvalue weighted by molar-refractivity contribution is 5.96. The zero-order valence-corrected chi connectivity index (χ0v) is 13.3. The van der Waals surface area contributed by atoms with E-state index in [0.717, 1.165) is 38.2 Å². The average molecular weight is 297 g/mol. The summed E-state index contributed by atoms with van der Waals surface area (Å²) in [6.45, 7) is 7.56. The van der Waals surface area contributed by atoms with Crippen LogP contribution in [0.5, 0.6) is 0 Å². The zero-order valence-electron chi connectivity index (χ0n) is 13.3. The Hall–Kier alpha value is -2.06. The summed E-state index contributed by atoms with van der Waals surface area (Å²) in [7, 11) is 0. The second-order valence-electron chi connectivity index (χ2n) is 6.31. The molecule has 1 N–H and O–H groups in total. The van der Waals surface area contributed by atoms with Crippen LogP contribution >= 0.6 is 0 Å². The predicted molar refractivity (Wildman–Crippen MR) is 88.4 cm³/mol. The monoisotopic (exact) mass is 297 g/mol. The number of likely N-dealkylation sites (tertiary alicyclic amines) is 1. The van der Waals surface area contributed by atoms with Crippen LogP contribution in [0, 0.1) is 11.5 Å². The van der Waals surface area contributed by atoms with Gasteiger partial charge in [0.25, 0.3) is 0 Å². The van der Waals surface area contributed by atoms with E-state index in [1.807, 2.05) is 18.3 Å². The molecule has 2 aliphatic rings. The van der Waals surface area contributed by atoms with Gasteiger partial charge in [-0.25, -0.2) is 0 Å². The number of guanidine groups is 1. The van der Waals surface area contributed by atoms with E-state index < -0.39 is 0 Å². The van der Waals surface area contributed by atoms with Crippen LogP contribution in [-0.2, 0) is 6.54 Å². The number of nitrogens with zero attached hydrogens (tertiary/aromatic N) is 4. The molecule has 0 saturated carbocycles. The summed E-state index contributed by atoms with van der Waals surface area (Å²) in [5.74, 6) is 0.698. The van der Waals surface area contributed by atoms with E-state index >= 15 is 0 Å². The Morgan fingerprint density at radius 3 is 2.68 bits per heavy atom. The van der Waals surface area contributed by atoms with Crippen LogP contribution in [0.4, 0.5) is 5.69 Å². The molecule has 116 valence electrons. The van der Waals surface area contributed by atoms with Gasteiger partial charge >= 0.3 is 0 Å². The topological polar surface area (TPSA) is 54.7 Å². The molecule has 0 spiro atoms. The fourth-order valence-corrected chi connectivity index (χ4v) is 3.39. The number of anilines is 1. The Morgan fingerprint density at radius 1 is 1.27 bits per heavy atom. The molecule has 0 radical (unpaired) electrons. The number of aliphatic imine (C=N–C) groups is 1. The van der Waals surface area contributed by atoms with E-state index in [9.17, 15) is 0 Å². The lowest BCUT2D eigenvalue weighted by Gasteiger charge is -2.43. The molecule has 1 aromatic rings. The van der Waals surface area contributed by atoms with Crippen molar-refractivity contribution < 1.29 is 0 Å². The van der Waals surface area contributed by atoms with Crippen molar-refractivity contribution in [3.8, 4) is 6.19 Å². The van der Waals surface area contributed by atoms with Gasteiger partial charge in [-0.1, -0.05) is 18.2 Å². The molecule has 3 rings (SSSR count). The van der Waals surface area contributed by atoms with Gasteiger partial charge in [-0.2, -0.15) is 5.26 Å². The highest BCUT2D eigenvalue weighted by atomic mass is 15.3. The van der Waals surface area contributed by atoms with Crippen molar-refractivity contribution in [3.63, 3.8) is 0 Å². The van der Waals surface area contributed by atoms with E-state index in [4.69, 9.17) is 5.26 Å². The smallest absolute Gasteiger partial charge is 0.214 e. The molecule has 0 aliphatic carbocycles. The summed E-state index contributed by atoms with van der Waals surface area (Å²) in [5, 5.41) is 12.3. The summed E-state index contributed by atoms with van der Waals surface area (Å²) in [6.07, 6.45) is 4.17. The molecule has 1 saturated heterocycles. The molecule has 0 aromatic heterocycles. The summed E-state index contributed by atoms with van der Waals surface area (Å²) in [4.78, 5) is 8.80. The minimum atomic E-state index is 0.447. The van der Waals surface area contributed by atoms with E-state index in [0.29, 0.717) is 18.0 Å². The number of para-hydroxylation sites is 1. The zero-order chi connectivity index (χ0) is 15.5. The van der Waals surface area contributed by atoms with Gasteiger partial charge in [0.1, 0.15) is 0 Å². The lowest BCUT2D eigenvalue weighted by Crippen LogP contribution is -2.51. The van der Waals surface area contributed by atoms with E-state index in [1.54, 1.807) is 0 Å². The molecule has 22 heavy (non-hydrogen) atoms. The summed E-state index contributed by atoms with van der Waals surface area (Å²) < 4.78 is 0. The molecule has 0 unspecified atom stereocenters. The predicted octanol–water partition coefficient (Wildman–Crippen LogP) is 2.62. The van der Waals surface area contributed by atoms with Crippen LogP contribution in [0.2, 0.25) is 0 Å². The Labute approximate surface area is 132 Å². The highest BCUT2D eigenvalue weighted by Crippen LogP contribution is 2.28. The van der Waals surface area contributed by atoms with Crippen LogP contribution in [0.3, 0.4) is 0 Å². The first-order valence-corrected chi connectivity index (χ1v) is 8.01. The van der Waals surface area contributed by atoms with Gasteiger partial charge in [-0.05, 0) is 38.3 Å². The number of fused-ring (bicyclic) bond motifs is 1. The number of hydrogen-bond donors (Lipinski definition) is 1. The van der Waals surface area contributed by atoms with Crippen molar-refractivity contribution in [1.82, 2.24) is 9.80 Å². The Kier molecular flexibility index (Phi) is 4.30. The molecule has 0 atom stereocenters. The molecular formula is C17H23N5. The molecule has 5 heteroatoms. The number of piperidine rings is 1.